The van der Waals surface area contributed by atoms with Crippen molar-refractivity contribution in [1.82, 2.24) is 9.97 Å². The number of carbonyl (C=O) groups excluding carboxylic acids is 2. The van der Waals surface area contributed by atoms with Crippen LogP contribution in [0.2, 0.25) is 5.02 Å². The molecule has 1 N–H and O–H groups in total. The minimum absolute atomic E-state index is 0.312. The lowest BCUT2D eigenvalue weighted by molar-refractivity contribution is -0.119. The number of ether oxygens (including phenoxy) is 2. The highest BCUT2D eigenvalue weighted by Gasteiger charge is 2.17. The van der Waals surface area contributed by atoms with E-state index >= 15 is 0 Å². The minimum Gasteiger partial charge on any atom is -0.497 e. The van der Waals surface area contributed by atoms with Gasteiger partial charge in [0.2, 0.25) is 0 Å². The van der Waals surface area contributed by atoms with Crippen LogP contribution >= 0.6 is 11.6 Å². The Morgan fingerprint density at radius 3 is 2.53 bits per heavy atom. The van der Waals surface area contributed by atoms with Gasteiger partial charge in [-0.25, -0.2) is 14.8 Å². The molecule has 0 aliphatic carbocycles. The number of pyridine rings is 2. The first-order valence-corrected chi connectivity index (χ1v) is 10.0. The molecule has 0 saturated carbocycles. The molecule has 4 aromatic rings. The van der Waals surface area contributed by atoms with Crippen molar-refractivity contribution in [2.75, 3.05) is 19.0 Å². The topological polar surface area (TPSA) is 90.4 Å². The van der Waals surface area contributed by atoms with Crippen LogP contribution in [0.4, 0.5) is 5.82 Å². The van der Waals surface area contributed by atoms with Crippen LogP contribution in [0.25, 0.3) is 22.2 Å². The van der Waals surface area contributed by atoms with E-state index in [-0.39, 0.29) is 0 Å². The third-order valence-electron chi connectivity index (χ3n) is 4.65. The Hall–Kier alpha value is -3.97. The Kier molecular flexibility index (Phi) is 6.28. The summed E-state index contributed by atoms with van der Waals surface area (Å²) in [7, 11) is 1.59. The quantitative estimate of drug-likeness (QED) is 0.429. The van der Waals surface area contributed by atoms with E-state index in [9.17, 15) is 9.59 Å². The maximum absolute atomic E-state index is 12.9. The number of anilines is 1. The summed E-state index contributed by atoms with van der Waals surface area (Å²) in [5, 5.41) is 3.64. The first kappa shape index (κ1) is 21.3. The standard InChI is InChI=1S/C24H18ClN3O4/c1-31-17-9-6-15(7-10-17)21-12-19(18-4-2-3-5-20(18)27-21)24(30)32-14-23(29)28-22-11-8-16(25)13-26-22/h2-13H,14H2,1H3,(H,26,28,29). The van der Waals surface area contributed by atoms with Gasteiger partial charge in [0.15, 0.2) is 6.61 Å². The van der Waals surface area contributed by atoms with E-state index in [4.69, 9.17) is 21.1 Å². The summed E-state index contributed by atoms with van der Waals surface area (Å²) in [5.41, 5.74) is 2.38. The van der Waals surface area contributed by atoms with Crippen LogP contribution in [0.1, 0.15) is 10.4 Å². The third kappa shape index (κ3) is 4.84. The number of nitrogens with zero attached hydrogens (tertiary/aromatic N) is 2. The summed E-state index contributed by atoms with van der Waals surface area (Å²) < 4.78 is 10.5. The van der Waals surface area contributed by atoms with Crippen molar-refractivity contribution < 1.29 is 19.1 Å². The molecule has 0 spiro atoms. The normalized spacial score (nSPS) is 10.6. The van der Waals surface area contributed by atoms with E-state index in [2.05, 4.69) is 15.3 Å². The molecule has 0 atom stereocenters. The summed E-state index contributed by atoms with van der Waals surface area (Å²) in [6, 6.07) is 19.4. The van der Waals surface area contributed by atoms with E-state index in [1.54, 1.807) is 31.4 Å². The fraction of sp³-hybridized carbons (Fsp3) is 0.0833. The van der Waals surface area contributed by atoms with E-state index in [1.165, 1.54) is 6.20 Å². The summed E-state index contributed by atoms with van der Waals surface area (Å²) >= 11 is 5.78. The first-order valence-electron chi connectivity index (χ1n) is 9.66. The largest absolute Gasteiger partial charge is 0.497 e. The molecule has 2 aromatic heterocycles. The van der Waals surface area contributed by atoms with Gasteiger partial charge in [-0.3, -0.25) is 4.79 Å². The Labute approximate surface area is 189 Å². The maximum atomic E-state index is 12.9. The molecule has 0 unspecified atom stereocenters. The van der Waals surface area contributed by atoms with Crippen LogP contribution in [0.3, 0.4) is 0 Å². The molecular weight excluding hydrogens is 430 g/mol. The van der Waals surface area contributed by atoms with Crippen molar-refractivity contribution in [3.63, 3.8) is 0 Å². The van der Waals surface area contributed by atoms with Crippen molar-refractivity contribution in [1.29, 1.82) is 0 Å². The highest BCUT2D eigenvalue weighted by atomic mass is 35.5. The lowest BCUT2D eigenvalue weighted by atomic mass is 10.0. The van der Waals surface area contributed by atoms with Gasteiger partial charge in [-0.2, -0.15) is 0 Å². The lowest BCUT2D eigenvalue weighted by Crippen LogP contribution is -2.21. The van der Waals surface area contributed by atoms with Crippen molar-refractivity contribution in [2.24, 2.45) is 0 Å². The Morgan fingerprint density at radius 1 is 1.03 bits per heavy atom. The SMILES string of the molecule is COc1ccc(-c2cc(C(=O)OCC(=O)Nc3ccc(Cl)cn3)c3ccccc3n2)cc1. The summed E-state index contributed by atoms with van der Waals surface area (Å²) in [4.78, 5) is 33.7. The zero-order valence-corrected chi connectivity index (χ0v) is 17.8. The molecule has 0 fully saturated rings. The molecule has 2 aromatic carbocycles. The van der Waals surface area contributed by atoms with Gasteiger partial charge in [0, 0.05) is 17.1 Å². The molecule has 0 saturated heterocycles. The molecule has 0 bridgehead atoms. The van der Waals surface area contributed by atoms with Crippen LogP contribution < -0.4 is 10.1 Å². The van der Waals surface area contributed by atoms with Crippen LogP contribution in [0, 0.1) is 0 Å². The number of esters is 1. The molecule has 0 radical (unpaired) electrons. The smallest absolute Gasteiger partial charge is 0.339 e. The molecule has 2 heterocycles. The number of halogens is 1. The monoisotopic (exact) mass is 447 g/mol. The molecular formula is C24H18ClN3O4. The van der Waals surface area contributed by atoms with Gasteiger partial charge < -0.3 is 14.8 Å². The predicted molar refractivity (Wildman–Crippen MR) is 122 cm³/mol. The Balaban J connectivity index is 1.55. The van der Waals surface area contributed by atoms with Gasteiger partial charge >= 0.3 is 5.97 Å². The second-order valence-electron chi connectivity index (χ2n) is 6.79. The number of rotatable bonds is 6. The molecule has 32 heavy (non-hydrogen) atoms. The van der Waals surface area contributed by atoms with E-state index in [0.717, 1.165) is 11.3 Å². The zero-order chi connectivity index (χ0) is 22.5. The number of para-hydroxylation sites is 1. The Bertz CT molecular complexity index is 1270. The number of benzene rings is 2. The fourth-order valence-corrected chi connectivity index (χ4v) is 3.20. The van der Waals surface area contributed by atoms with Gasteiger partial charge in [-0.15, -0.1) is 0 Å². The maximum Gasteiger partial charge on any atom is 0.339 e. The molecule has 0 aliphatic heterocycles. The predicted octanol–water partition coefficient (Wildman–Crippen LogP) is 4.75. The van der Waals surface area contributed by atoms with Crippen molar-refractivity contribution >= 4 is 40.2 Å². The van der Waals surface area contributed by atoms with Crippen LogP contribution in [-0.2, 0) is 9.53 Å². The van der Waals surface area contributed by atoms with E-state index in [0.29, 0.717) is 33.0 Å². The van der Waals surface area contributed by atoms with E-state index < -0.39 is 18.5 Å². The number of amides is 1. The summed E-state index contributed by atoms with van der Waals surface area (Å²) in [5.74, 6) is -0.110. The molecule has 0 aliphatic rings. The molecule has 4 rings (SSSR count). The number of carbonyl (C=O) groups is 2. The van der Waals surface area contributed by atoms with Gasteiger partial charge in [0.05, 0.1) is 28.9 Å². The van der Waals surface area contributed by atoms with E-state index in [1.807, 2.05) is 42.5 Å². The lowest BCUT2D eigenvalue weighted by Gasteiger charge is -2.11. The number of hydrogen-bond donors (Lipinski definition) is 1. The number of methoxy groups -OCH3 is 1. The number of hydrogen-bond acceptors (Lipinski definition) is 6. The summed E-state index contributed by atoms with van der Waals surface area (Å²) in [6.45, 7) is -0.461. The van der Waals surface area contributed by atoms with Crippen LogP contribution in [-0.4, -0.2) is 35.6 Å². The van der Waals surface area contributed by atoms with Crippen LogP contribution in [0.15, 0.2) is 72.9 Å². The second kappa shape index (κ2) is 9.45. The fourth-order valence-electron chi connectivity index (χ4n) is 3.09. The first-order chi connectivity index (χ1) is 15.5. The molecule has 1 amide bonds. The highest BCUT2D eigenvalue weighted by Crippen LogP contribution is 2.26. The van der Waals surface area contributed by atoms with Crippen molar-refractivity contribution in [3.05, 3.63) is 83.5 Å². The molecule has 7 nitrogen and oxygen atoms in total. The highest BCUT2D eigenvalue weighted by molar-refractivity contribution is 6.30. The van der Waals surface area contributed by atoms with Gasteiger partial charge in [0.25, 0.3) is 5.91 Å². The van der Waals surface area contributed by atoms with Crippen LogP contribution in [0.5, 0.6) is 5.75 Å². The minimum atomic E-state index is -0.627. The number of fused-ring (bicyclic) bond motifs is 1. The average molecular weight is 448 g/mol. The van der Waals surface area contributed by atoms with Crippen molar-refractivity contribution in [2.45, 2.75) is 0 Å². The van der Waals surface area contributed by atoms with Gasteiger partial charge in [-0.05, 0) is 48.5 Å². The second-order valence-corrected chi connectivity index (χ2v) is 7.22. The van der Waals surface area contributed by atoms with Gasteiger partial charge in [-0.1, -0.05) is 29.8 Å². The summed E-state index contributed by atoms with van der Waals surface area (Å²) in [6.07, 6.45) is 1.41. The third-order valence-corrected chi connectivity index (χ3v) is 4.87. The number of nitrogens with one attached hydrogen (secondary N) is 1. The number of aromatic nitrogens is 2. The van der Waals surface area contributed by atoms with Crippen molar-refractivity contribution in [3.8, 4) is 17.0 Å². The Morgan fingerprint density at radius 2 is 1.81 bits per heavy atom. The molecule has 160 valence electrons. The zero-order valence-electron chi connectivity index (χ0n) is 17.0. The molecule has 8 heteroatoms. The van der Waals surface area contributed by atoms with Gasteiger partial charge in [0.1, 0.15) is 11.6 Å². The average Bonchev–Trinajstić information content (AvgIpc) is 2.83.